The lowest BCUT2D eigenvalue weighted by Gasteiger charge is -1.97. The van der Waals surface area contributed by atoms with Crippen LogP contribution in [0.3, 0.4) is 0 Å². The lowest BCUT2D eigenvalue weighted by Crippen LogP contribution is -2.20. The van der Waals surface area contributed by atoms with Crippen molar-refractivity contribution in [3.8, 4) is 0 Å². The Morgan fingerprint density at radius 3 is 3.00 bits per heavy atom. The first-order valence-electron chi connectivity index (χ1n) is 4.68. The first-order chi connectivity index (χ1) is 7.13. The second-order valence-corrected chi connectivity index (χ2v) is 3.36. The Hall–Kier alpha value is -1.87. The molecule has 1 heterocycles. The highest BCUT2D eigenvalue weighted by molar-refractivity contribution is 5.87. The third-order valence-corrected chi connectivity index (χ3v) is 1.73. The van der Waals surface area contributed by atoms with E-state index in [4.69, 9.17) is 0 Å². The SMILES string of the molecule is C=C=CC(=O)NCc1nc(C(C)C)n[nH]1. The van der Waals surface area contributed by atoms with E-state index in [1.165, 1.54) is 6.08 Å². The smallest absolute Gasteiger partial charge is 0.252 e. The molecule has 0 atom stereocenters. The van der Waals surface area contributed by atoms with E-state index in [9.17, 15) is 4.79 Å². The van der Waals surface area contributed by atoms with Crippen LogP contribution in [0.5, 0.6) is 0 Å². The van der Waals surface area contributed by atoms with Gasteiger partial charge >= 0.3 is 0 Å². The molecule has 0 saturated carbocycles. The van der Waals surface area contributed by atoms with E-state index in [1.807, 2.05) is 13.8 Å². The number of carbonyl (C=O) groups excluding carboxylic acids is 1. The fourth-order valence-corrected chi connectivity index (χ4v) is 0.962. The van der Waals surface area contributed by atoms with Gasteiger partial charge in [0.05, 0.1) is 6.54 Å². The summed E-state index contributed by atoms with van der Waals surface area (Å²) in [7, 11) is 0. The van der Waals surface area contributed by atoms with Crippen molar-refractivity contribution >= 4 is 5.91 Å². The topological polar surface area (TPSA) is 70.7 Å². The number of hydrogen-bond acceptors (Lipinski definition) is 3. The molecule has 0 radical (unpaired) electrons. The first-order valence-corrected chi connectivity index (χ1v) is 4.68. The summed E-state index contributed by atoms with van der Waals surface area (Å²) in [5.74, 6) is 1.43. The van der Waals surface area contributed by atoms with Gasteiger partial charge in [-0.2, -0.15) is 5.10 Å². The molecule has 0 aliphatic carbocycles. The number of rotatable bonds is 4. The van der Waals surface area contributed by atoms with Crippen LogP contribution in [-0.4, -0.2) is 21.1 Å². The summed E-state index contributed by atoms with van der Waals surface area (Å²) in [5, 5.41) is 9.39. The van der Waals surface area contributed by atoms with Crippen molar-refractivity contribution in [2.75, 3.05) is 0 Å². The Kier molecular flexibility index (Phi) is 3.83. The van der Waals surface area contributed by atoms with Crippen molar-refractivity contribution in [3.63, 3.8) is 0 Å². The summed E-state index contributed by atoms with van der Waals surface area (Å²) in [6.45, 7) is 7.65. The van der Waals surface area contributed by atoms with Gasteiger partial charge in [-0.05, 0) is 0 Å². The largest absolute Gasteiger partial charge is 0.345 e. The minimum Gasteiger partial charge on any atom is -0.345 e. The number of carbonyl (C=O) groups is 1. The van der Waals surface area contributed by atoms with Crippen molar-refractivity contribution in [1.29, 1.82) is 0 Å². The van der Waals surface area contributed by atoms with E-state index in [0.29, 0.717) is 12.4 Å². The van der Waals surface area contributed by atoms with Gasteiger partial charge in [0.2, 0.25) is 0 Å². The molecule has 15 heavy (non-hydrogen) atoms. The molecule has 1 amide bonds. The van der Waals surface area contributed by atoms with Crippen LogP contribution in [0.25, 0.3) is 0 Å². The van der Waals surface area contributed by atoms with E-state index in [-0.39, 0.29) is 11.8 Å². The Morgan fingerprint density at radius 2 is 2.47 bits per heavy atom. The van der Waals surface area contributed by atoms with Crippen molar-refractivity contribution < 1.29 is 4.79 Å². The standard InChI is InChI=1S/C10H14N4O/c1-4-5-9(15)11-6-8-12-10(7(2)3)14-13-8/h5,7H,1,6H2,2-3H3,(H,11,15)(H,12,13,14). The van der Waals surface area contributed by atoms with Gasteiger partial charge < -0.3 is 5.32 Å². The van der Waals surface area contributed by atoms with Gasteiger partial charge in [0, 0.05) is 12.0 Å². The molecule has 1 aromatic heterocycles. The molecule has 1 aromatic rings. The van der Waals surface area contributed by atoms with Crippen molar-refractivity contribution in [1.82, 2.24) is 20.5 Å². The monoisotopic (exact) mass is 206 g/mol. The predicted molar refractivity (Wildman–Crippen MR) is 56.0 cm³/mol. The Bertz CT molecular complexity index is 388. The highest BCUT2D eigenvalue weighted by atomic mass is 16.1. The summed E-state index contributed by atoms with van der Waals surface area (Å²) in [6.07, 6.45) is 1.24. The molecular formula is C10H14N4O. The molecule has 5 nitrogen and oxygen atoms in total. The summed E-state index contributed by atoms with van der Waals surface area (Å²) in [4.78, 5) is 15.2. The fourth-order valence-electron chi connectivity index (χ4n) is 0.962. The van der Waals surface area contributed by atoms with Crippen molar-refractivity contribution in [2.45, 2.75) is 26.3 Å². The van der Waals surface area contributed by atoms with Crippen LogP contribution in [0.1, 0.15) is 31.4 Å². The third kappa shape index (κ3) is 3.40. The van der Waals surface area contributed by atoms with Gasteiger partial charge in [-0.25, -0.2) is 4.98 Å². The zero-order valence-electron chi connectivity index (χ0n) is 8.87. The molecule has 0 aliphatic heterocycles. The summed E-state index contributed by atoms with van der Waals surface area (Å²) in [5.41, 5.74) is 2.39. The van der Waals surface area contributed by atoms with E-state index in [1.54, 1.807) is 0 Å². The van der Waals surface area contributed by atoms with Crippen LogP contribution < -0.4 is 5.32 Å². The molecule has 0 unspecified atom stereocenters. The van der Waals surface area contributed by atoms with Crippen LogP contribution in [0, 0.1) is 0 Å². The molecular weight excluding hydrogens is 192 g/mol. The summed E-state index contributed by atoms with van der Waals surface area (Å²) < 4.78 is 0. The highest BCUT2D eigenvalue weighted by Gasteiger charge is 2.06. The molecule has 0 aromatic carbocycles. The molecule has 0 bridgehead atoms. The number of aromatic nitrogens is 3. The Balaban J connectivity index is 2.51. The maximum absolute atomic E-state index is 11.0. The number of nitrogens with one attached hydrogen (secondary N) is 2. The number of amides is 1. The van der Waals surface area contributed by atoms with Crippen molar-refractivity contribution in [3.05, 3.63) is 30.0 Å². The van der Waals surface area contributed by atoms with E-state index >= 15 is 0 Å². The lowest BCUT2D eigenvalue weighted by molar-refractivity contribution is -0.116. The first kappa shape index (κ1) is 11.2. The van der Waals surface area contributed by atoms with Gasteiger partial charge in [0.1, 0.15) is 5.82 Å². The normalized spacial score (nSPS) is 9.80. The number of H-pyrrole nitrogens is 1. The summed E-state index contributed by atoms with van der Waals surface area (Å²) in [6, 6.07) is 0. The van der Waals surface area contributed by atoms with E-state index < -0.39 is 0 Å². The van der Waals surface area contributed by atoms with Crippen LogP contribution in [0.15, 0.2) is 18.4 Å². The minimum atomic E-state index is -0.243. The van der Waals surface area contributed by atoms with Gasteiger partial charge in [0.25, 0.3) is 5.91 Å². The zero-order valence-corrected chi connectivity index (χ0v) is 8.87. The van der Waals surface area contributed by atoms with Crippen molar-refractivity contribution in [2.24, 2.45) is 0 Å². The lowest BCUT2D eigenvalue weighted by atomic mass is 10.2. The maximum Gasteiger partial charge on any atom is 0.252 e. The highest BCUT2D eigenvalue weighted by Crippen LogP contribution is 2.07. The van der Waals surface area contributed by atoms with Crippen LogP contribution in [0.4, 0.5) is 0 Å². The number of nitrogens with zero attached hydrogens (tertiary/aromatic N) is 2. The zero-order chi connectivity index (χ0) is 11.3. The molecule has 0 aliphatic rings. The Labute approximate surface area is 88.3 Å². The summed E-state index contributed by atoms with van der Waals surface area (Å²) >= 11 is 0. The van der Waals surface area contributed by atoms with Crippen LogP contribution in [0.2, 0.25) is 0 Å². The van der Waals surface area contributed by atoms with Crippen LogP contribution >= 0.6 is 0 Å². The second-order valence-electron chi connectivity index (χ2n) is 3.36. The molecule has 0 saturated heterocycles. The molecule has 0 spiro atoms. The van der Waals surface area contributed by atoms with E-state index in [0.717, 1.165) is 5.82 Å². The third-order valence-electron chi connectivity index (χ3n) is 1.73. The molecule has 1 rings (SSSR count). The predicted octanol–water partition coefficient (Wildman–Crippen LogP) is 0.885. The van der Waals surface area contributed by atoms with Gasteiger partial charge in [-0.15, -0.1) is 5.73 Å². The second kappa shape index (κ2) is 5.12. The van der Waals surface area contributed by atoms with Gasteiger partial charge in [0.15, 0.2) is 5.82 Å². The molecule has 2 N–H and O–H groups in total. The Morgan fingerprint density at radius 1 is 1.73 bits per heavy atom. The average molecular weight is 206 g/mol. The van der Waals surface area contributed by atoms with Gasteiger partial charge in [-0.1, -0.05) is 20.4 Å². The van der Waals surface area contributed by atoms with E-state index in [2.05, 4.69) is 32.8 Å². The fraction of sp³-hybridized carbons (Fsp3) is 0.400. The van der Waals surface area contributed by atoms with Gasteiger partial charge in [-0.3, -0.25) is 9.89 Å². The van der Waals surface area contributed by atoms with Crippen LogP contribution in [-0.2, 0) is 11.3 Å². The minimum absolute atomic E-state index is 0.243. The quantitative estimate of drug-likeness (QED) is 0.567. The molecule has 0 fully saturated rings. The number of hydrogen-bond donors (Lipinski definition) is 2. The number of aromatic amines is 1. The average Bonchev–Trinajstić information content (AvgIpc) is 2.63. The maximum atomic E-state index is 11.0. The molecule has 5 heteroatoms. The molecule has 80 valence electrons.